The molecule has 0 saturated carbocycles. The molecule has 2 rings (SSSR count). The Morgan fingerprint density at radius 3 is 2.90 bits per heavy atom. The predicted molar refractivity (Wildman–Crippen MR) is 37.3 cm³/mol. The van der Waals surface area contributed by atoms with Gasteiger partial charge in [-0.2, -0.15) is 4.79 Å². The number of halogens is 1. The van der Waals surface area contributed by atoms with Gasteiger partial charge in [-0.1, -0.05) is 22.7 Å². The minimum absolute atomic E-state index is 0.565. The zero-order valence-corrected chi connectivity index (χ0v) is 5.21. The van der Waals surface area contributed by atoms with Crippen LogP contribution in [0.4, 0.5) is 4.48 Å². The molecule has 0 unspecified atom stereocenters. The Kier molecular flexibility index (Phi) is 1.01. The van der Waals surface area contributed by atoms with Gasteiger partial charge in [0.25, 0.3) is 0 Å². The predicted octanol–water partition coefficient (Wildman–Crippen LogP) is 2.17. The molecule has 0 bridgehead atoms. The fraction of sp³-hybridized carbons (Fsp3) is 0. The number of nitrogens with zero attached hydrogens (tertiary/aromatic N) is 1. The fourth-order valence-electron chi connectivity index (χ4n) is 0.978. The zero-order chi connectivity index (χ0) is 6.97. The van der Waals surface area contributed by atoms with E-state index in [0.717, 1.165) is 5.39 Å². The molecule has 49 valence electrons. The third kappa shape index (κ3) is 0.620. The first-order chi connectivity index (χ1) is 4.88. The van der Waals surface area contributed by atoms with Crippen LogP contribution in [-0.2, 0) is 0 Å². The Hall–Kier alpha value is -1.31. The highest BCUT2D eigenvalue weighted by molar-refractivity contribution is 5.78. The second kappa shape index (κ2) is 1.84. The molecule has 1 aromatic heterocycles. The third-order valence-corrected chi connectivity index (χ3v) is 1.47. The van der Waals surface area contributed by atoms with Crippen molar-refractivity contribution in [2.45, 2.75) is 0 Å². The number of hydrogen-bond donors (Lipinski definition) is 0. The van der Waals surface area contributed by atoms with Gasteiger partial charge < -0.3 is 0 Å². The molecule has 1 heterocycles. The monoisotopic (exact) mass is 134 g/mol. The van der Waals surface area contributed by atoms with Crippen LogP contribution in [0.2, 0.25) is 0 Å². The van der Waals surface area contributed by atoms with Crippen LogP contribution in [0.1, 0.15) is 0 Å². The molecular weight excluding hydrogens is 129 g/mol. The quantitative estimate of drug-likeness (QED) is 0.520. The van der Waals surface area contributed by atoms with Crippen LogP contribution in [0.5, 0.6) is 0 Å². The number of benzene rings is 1. The maximum absolute atomic E-state index is 12.6. The van der Waals surface area contributed by atoms with E-state index in [9.17, 15) is 4.48 Å². The first kappa shape index (κ1) is 5.47. The molecule has 1 aromatic carbocycles. The topological polar surface area (TPSA) is 4.93 Å². The summed E-state index contributed by atoms with van der Waals surface area (Å²) in [4.78, 5) is 0.565. The van der Waals surface area contributed by atoms with E-state index >= 15 is 0 Å². The van der Waals surface area contributed by atoms with Crippen molar-refractivity contribution in [1.82, 2.24) is 4.79 Å². The lowest BCUT2D eigenvalue weighted by Gasteiger charge is -1.87. The van der Waals surface area contributed by atoms with E-state index in [0.29, 0.717) is 10.3 Å². The maximum atomic E-state index is 12.6. The van der Waals surface area contributed by atoms with E-state index in [1.807, 2.05) is 12.1 Å². The third-order valence-electron chi connectivity index (χ3n) is 1.47. The van der Waals surface area contributed by atoms with Gasteiger partial charge in [0.1, 0.15) is 0 Å². The summed E-state index contributed by atoms with van der Waals surface area (Å²) in [6.45, 7) is 0. The first-order valence-electron chi connectivity index (χ1n) is 3.02. The summed E-state index contributed by atoms with van der Waals surface area (Å²) < 4.78 is 12.6. The average molecular weight is 134 g/mol. The molecule has 1 nitrogen and oxygen atoms in total. The molecule has 0 aliphatic heterocycles. The molecular formula is C8H5FN. The summed E-state index contributed by atoms with van der Waals surface area (Å²) in [7, 11) is 0. The summed E-state index contributed by atoms with van der Waals surface area (Å²) in [5, 5.41) is 0.810. The van der Waals surface area contributed by atoms with Gasteiger partial charge in [-0.3, -0.25) is 0 Å². The standard InChI is InChI=1S/C8H5FN/c9-10-6-5-7-3-1-2-4-8(7)10/h1-4,6H. The molecule has 0 atom stereocenters. The molecule has 0 saturated heterocycles. The molecule has 2 aromatic rings. The van der Waals surface area contributed by atoms with Gasteiger partial charge in [0.05, 0.1) is 5.52 Å². The molecule has 0 spiro atoms. The smallest absolute Gasteiger partial charge is 0.0819 e. The van der Waals surface area contributed by atoms with E-state index in [1.54, 1.807) is 12.1 Å². The molecule has 1 radical (unpaired) electrons. The lowest BCUT2D eigenvalue weighted by molar-refractivity contribution is 0.388. The molecule has 2 heteroatoms. The van der Waals surface area contributed by atoms with Crippen LogP contribution >= 0.6 is 0 Å². The van der Waals surface area contributed by atoms with E-state index < -0.39 is 0 Å². The van der Waals surface area contributed by atoms with Gasteiger partial charge in [-0.25, -0.2) is 0 Å². The SMILES string of the molecule is Fn1c[c]c2ccccc21. The Labute approximate surface area is 57.6 Å². The summed E-state index contributed by atoms with van der Waals surface area (Å²) in [5.74, 6) is 0. The molecule has 0 amide bonds. The Morgan fingerprint density at radius 2 is 2.10 bits per heavy atom. The van der Waals surface area contributed by atoms with E-state index in [1.165, 1.54) is 6.20 Å². The van der Waals surface area contributed by atoms with Crippen LogP contribution in [0.15, 0.2) is 30.5 Å². The summed E-state index contributed by atoms with van der Waals surface area (Å²) in [5.41, 5.74) is 0.572. The summed E-state index contributed by atoms with van der Waals surface area (Å²) in [6, 6.07) is 9.97. The number of aromatic nitrogens is 1. The van der Waals surface area contributed by atoms with Crippen LogP contribution in [0, 0.1) is 6.07 Å². The van der Waals surface area contributed by atoms with Crippen molar-refractivity contribution in [2.75, 3.05) is 0 Å². The van der Waals surface area contributed by atoms with E-state index in [2.05, 4.69) is 6.07 Å². The number of fused-ring (bicyclic) bond motifs is 1. The summed E-state index contributed by atoms with van der Waals surface area (Å²) in [6.07, 6.45) is 1.28. The van der Waals surface area contributed by atoms with Gasteiger partial charge in [0.2, 0.25) is 0 Å². The average Bonchev–Trinajstić information content (AvgIpc) is 2.34. The fourth-order valence-corrected chi connectivity index (χ4v) is 0.978. The van der Waals surface area contributed by atoms with Gasteiger partial charge in [0.15, 0.2) is 0 Å². The minimum Gasteiger partial charge on any atom is -0.186 e. The van der Waals surface area contributed by atoms with Gasteiger partial charge in [0, 0.05) is 17.6 Å². The Morgan fingerprint density at radius 1 is 1.30 bits per heavy atom. The van der Waals surface area contributed by atoms with Crippen molar-refractivity contribution in [2.24, 2.45) is 0 Å². The normalized spacial score (nSPS) is 10.5. The second-order valence-corrected chi connectivity index (χ2v) is 2.10. The van der Waals surface area contributed by atoms with Crippen molar-refractivity contribution in [3.63, 3.8) is 0 Å². The zero-order valence-electron chi connectivity index (χ0n) is 5.21. The van der Waals surface area contributed by atoms with Crippen LogP contribution < -0.4 is 0 Å². The van der Waals surface area contributed by atoms with Crippen LogP contribution in [0.3, 0.4) is 0 Å². The van der Waals surface area contributed by atoms with Crippen molar-refractivity contribution < 1.29 is 4.48 Å². The highest BCUT2D eigenvalue weighted by Crippen LogP contribution is 2.13. The highest BCUT2D eigenvalue weighted by Gasteiger charge is 1.95. The van der Waals surface area contributed by atoms with Gasteiger partial charge in [-0.15, -0.1) is 0 Å². The van der Waals surface area contributed by atoms with Crippen molar-refractivity contribution in [1.29, 1.82) is 0 Å². The van der Waals surface area contributed by atoms with E-state index in [-0.39, 0.29) is 0 Å². The molecule has 0 fully saturated rings. The Bertz CT molecular complexity index is 351. The lowest BCUT2D eigenvalue weighted by Crippen LogP contribution is -1.74. The number of hydrogen-bond acceptors (Lipinski definition) is 0. The van der Waals surface area contributed by atoms with Gasteiger partial charge >= 0.3 is 0 Å². The molecule has 0 aliphatic rings. The van der Waals surface area contributed by atoms with Gasteiger partial charge in [-0.05, 0) is 6.07 Å². The maximum Gasteiger partial charge on any atom is 0.0819 e. The van der Waals surface area contributed by atoms with Crippen molar-refractivity contribution in [3.8, 4) is 0 Å². The van der Waals surface area contributed by atoms with Crippen LogP contribution in [0.25, 0.3) is 10.9 Å². The van der Waals surface area contributed by atoms with E-state index in [4.69, 9.17) is 0 Å². The Balaban J connectivity index is 2.93. The second-order valence-electron chi connectivity index (χ2n) is 2.10. The lowest BCUT2D eigenvalue weighted by atomic mass is 10.3. The minimum atomic E-state index is 0.565. The largest absolute Gasteiger partial charge is 0.186 e. The molecule has 10 heavy (non-hydrogen) atoms. The van der Waals surface area contributed by atoms with Crippen molar-refractivity contribution >= 4 is 10.9 Å². The first-order valence-corrected chi connectivity index (χ1v) is 3.02. The van der Waals surface area contributed by atoms with Crippen LogP contribution in [-0.4, -0.2) is 4.79 Å². The van der Waals surface area contributed by atoms with Crippen molar-refractivity contribution in [3.05, 3.63) is 36.5 Å². The number of para-hydroxylation sites is 1. The molecule has 0 aliphatic carbocycles. The highest BCUT2D eigenvalue weighted by atomic mass is 19.2. The summed E-state index contributed by atoms with van der Waals surface area (Å²) >= 11 is 0. The number of rotatable bonds is 0. The molecule has 0 N–H and O–H groups in total.